The van der Waals surface area contributed by atoms with E-state index in [1.165, 1.54) is 12.8 Å². The monoisotopic (exact) mass is 240 g/mol. The first-order valence-electron chi connectivity index (χ1n) is 6.74. The molecule has 0 aromatic carbocycles. The van der Waals surface area contributed by atoms with Crippen LogP contribution in [0.1, 0.15) is 39.5 Å². The lowest BCUT2D eigenvalue weighted by molar-refractivity contribution is -0.148. The van der Waals surface area contributed by atoms with E-state index in [1.54, 1.807) is 0 Å². The summed E-state index contributed by atoms with van der Waals surface area (Å²) in [5, 5.41) is 3.38. The van der Waals surface area contributed by atoms with Crippen LogP contribution in [0.5, 0.6) is 0 Å². The van der Waals surface area contributed by atoms with E-state index in [0.717, 1.165) is 25.9 Å². The van der Waals surface area contributed by atoms with Crippen LogP contribution in [0, 0.1) is 0 Å². The van der Waals surface area contributed by atoms with Crippen molar-refractivity contribution in [2.75, 3.05) is 26.3 Å². The number of morpholine rings is 1. The predicted molar refractivity (Wildman–Crippen MR) is 66.9 cm³/mol. The first-order chi connectivity index (χ1) is 8.11. The second kappa shape index (κ2) is 5.36. The summed E-state index contributed by atoms with van der Waals surface area (Å²) in [6.45, 7) is 7.18. The Labute approximate surface area is 104 Å². The van der Waals surface area contributed by atoms with Gasteiger partial charge in [0.1, 0.15) is 0 Å². The number of carbonyl (C=O) groups excluding carboxylic acids is 1. The van der Waals surface area contributed by atoms with E-state index in [1.807, 2.05) is 4.90 Å². The molecule has 1 amide bonds. The number of nitrogens with zero attached hydrogens (tertiary/aromatic N) is 1. The van der Waals surface area contributed by atoms with Gasteiger partial charge >= 0.3 is 0 Å². The quantitative estimate of drug-likeness (QED) is 0.747. The van der Waals surface area contributed by atoms with Crippen molar-refractivity contribution in [1.29, 1.82) is 0 Å². The smallest absolute Gasteiger partial charge is 0.240 e. The summed E-state index contributed by atoms with van der Waals surface area (Å²) < 4.78 is 5.46. The van der Waals surface area contributed by atoms with Crippen LogP contribution in [-0.4, -0.2) is 48.7 Å². The Hall–Kier alpha value is -0.610. The summed E-state index contributed by atoms with van der Waals surface area (Å²) in [6.07, 6.45) is 4.57. The minimum absolute atomic E-state index is 0.0230. The molecule has 1 N–H and O–H groups in total. The number of nitrogens with one attached hydrogen (secondary N) is 1. The van der Waals surface area contributed by atoms with Crippen molar-refractivity contribution < 1.29 is 9.53 Å². The van der Waals surface area contributed by atoms with Crippen molar-refractivity contribution in [3.63, 3.8) is 0 Å². The highest BCUT2D eigenvalue weighted by molar-refractivity contribution is 5.82. The Morgan fingerprint density at radius 2 is 2.18 bits per heavy atom. The lowest BCUT2D eigenvalue weighted by atomic mass is 10.00. The van der Waals surface area contributed by atoms with Crippen molar-refractivity contribution in [2.45, 2.75) is 51.1 Å². The zero-order valence-corrected chi connectivity index (χ0v) is 11.0. The molecule has 0 saturated carbocycles. The molecule has 0 radical (unpaired) electrons. The van der Waals surface area contributed by atoms with Gasteiger partial charge in [0.05, 0.1) is 24.8 Å². The van der Waals surface area contributed by atoms with Crippen LogP contribution >= 0.6 is 0 Å². The molecule has 4 nitrogen and oxygen atoms in total. The van der Waals surface area contributed by atoms with Crippen molar-refractivity contribution in [1.82, 2.24) is 10.2 Å². The highest BCUT2D eigenvalue weighted by Gasteiger charge is 2.37. The van der Waals surface area contributed by atoms with E-state index in [2.05, 4.69) is 19.2 Å². The summed E-state index contributed by atoms with van der Waals surface area (Å²) in [6, 6.07) is 0.0230. The number of hydrogen-bond acceptors (Lipinski definition) is 3. The molecule has 1 unspecified atom stereocenters. The van der Waals surface area contributed by atoms with Crippen LogP contribution in [-0.2, 0) is 9.53 Å². The van der Waals surface area contributed by atoms with E-state index in [-0.39, 0.29) is 17.5 Å². The summed E-state index contributed by atoms with van der Waals surface area (Å²) in [5.74, 6) is 0.264. The van der Waals surface area contributed by atoms with Gasteiger partial charge in [0, 0.05) is 6.54 Å². The second-order valence-electron chi connectivity index (χ2n) is 5.71. The topological polar surface area (TPSA) is 41.6 Å². The maximum atomic E-state index is 12.5. The van der Waals surface area contributed by atoms with Gasteiger partial charge in [-0.2, -0.15) is 0 Å². The summed E-state index contributed by atoms with van der Waals surface area (Å²) in [7, 11) is 0. The van der Waals surface area contributed by atoms with E-state index in [4.69, 9.17) is 4.74 Å². The maximum Gasteiger partial charge on any atom is 0.240 e. The molecule has 0 spiro atoms. The van der Waals surface area contributed by atoms with Crippen molar-refractivity contribution >= 4 is 5.91 Å². The molecule has 1 atom stereocenters. The fraction of sp³-hybridized carbons (Fsp3) is 0.923. The number of hydrogen-bond donors (Lipinski definition) is 1. The molecule has 2 aliphatic heterocycles. The Morgan fingerprint density at radius 3 is 2.94 bits per heavy atom. The van der Waals surface area contributed by atoms with Crippen LogP contribution in [0.25, 0.3) is 0 Å². The molecule has 0 bridgehead atoms. The average molecular weight is 240 g/mol. The standard InChI is InChI=1S/C13H24N2O2/c1-13(2)10-17-9-8-15(13)12(16)11-6-4-3-5-7-14-11/h11,14H,3-10H2,1-2H3. The molecule has 2 fully saturated rings. The number of carbonyl (C=O) groups is 1. The number of ether oxygens (including phenoxy) is 1. The van der Waals surface area contributed by atoms with E-state index in [9.17, 15) is 4.79 Å². The molecule has 0 aliphatic carbocycles. The molecule has 2 saturated heterocycles. The third-order valence-corrected chi connectivity index (χ3v) is 3.77. The fourth-order valence-electron chi connectivity index (χ4n) is 2.69. The molecule has 2 rings (SSSR count). The summed E-state index contributed by atoms with van der Waals surface area (Å²) >= 11 is 0. The maximum absolute atomic E-state index is 12.5. The number of amides is 1. The molecular formula is C13H24N2O2. The zero-order chi connectivity index (χ0) is 12.3. The molecule has 2 heterocycles. The third-order valence-electron chi connectivity index (χ3n) is 3.77. The largest absolute Gasteiger partial charge is 0.377 e. The Bertz CT molecular complexity index is 271. The van der Waals surface area contributed by atoms with Gasteiger partial charge in [-0.05, 0) is 33.2 Å². The molecule has 17 heavy (non-hydrogen) atoms. The lowest BCUT2D eigenvalue weighted by Crippen LogP contribution is -2.59. The van der Waals surface area contributed by atoms with E-state index in [0.29, 0.717) is 13.2 Å². The first-order valence-corrected chi connectivity index (χ1v) is 6.74. The van der Waals surface area contributed by atoms with Gasteiger partial charge in [-0.15, -0.1) is 0 Å². The molecular weight excluding hydrogens is 216 g/mol. The van der Waals surface area contributed by atoms with Crippen molar-refractivity contribution in [3.8, 4) is 0 Å². The van der Waals surface area contributed by atoms with Gasteiger partial charge in [-0.3, -0.25) is 4.79 Å². The Kier molecular flexibility index (Phi) is 4.05. The van der Waals surface area contributed by atoms with Gasteiger partial charge in [0.15, 0.2) is 0 Å². The van der Waals surface area contributed by atoms with Crippen LogP contribution < -0.4 is 5.32 Å². The van der Waals surface area contributed by atoms with Crippen LogP contribution in [0.15, 0.2) is 0 Å². The van der Waals surface area contributed by atoms with Crippen LogP contribution in [0.3, 0.4) is 0 Å². The molecule has 2 aliphatic rings. The highest BCUT2D eigenvalue weighted by atomic mass is 16.5. The van der Waals surface area contributed by atoms with Gasteiger partial charge in [-0.1, -0.05) is 12.8 Å². The molecule has 98 valence electrons. The van der Waals surface area contributed by atoms with Crippen molar-refractivity contribution in [3.05, 3.63) is 0 Å². The Balaban J connectivity index is 2.01. The average Bonchev–Trinajstić information content (AvgIpc) is 2.56. The second-order valence-corrected chi connectivity index (χ2v) is 5.71. The van der Waals surface area contributed by atoms with E-state index < -0.39 is 0 Å². The Morgan fingerprint density at radius 1 is 1.35 bits per heavy atom. The van der Waals surface area contributed by atoms with Gasteiger partial charge < -0.3 is 15.0 Å². The summed E-state index contributed by atoms with van der Waals surface area (Å²) in [5.41, 5.74) is -0.163. The van der Waals surface area contributed by atoms with Crippen molar-refractivity contribution in [2.24, 2.45) is 0 Å². The summed E-state index contributed by atoms with van der Waals surface area (Å²) in [4.78, 5) is 14.5. The van der Waals surface area contributed by atoms with Gasteiger partial charge in [0.2, 0.25) is 5.91 Å². The highest BCUT2D eigenvalue weighted by Crippen LogP contribution is 2.21. The van der Waals surface area contributed by atoms with Gasteiger partial charge in [-0.25, -0.2) is 0 Å². The zero-order valence-electron chi connectivity index (χ0n) is 11.0. The first kappa shape index (κ1) is 12.8. The minimum atomic E-state index is -0.163. The normalized spacial score (nSPS) is 29.8. The number of rotatable bonds is 1. The van der Waals surface area contributed by atoms with Crippen LogP contribution in [0.4, 0.5) is 0 Å². The minimum Gasteiger partial charge on any atom is -0.377 e. The van der Waals surface area contributed by atoms with Gasteiger partial charge in [0.25, 0.3) is 0 Å². The predicted octanol–water partition coefficient (Wildman–Crippen LogP) is 1.16. The molecule has 0 aromatic heterocycles. The fourth-order valence-corrected chi connectivity index (χ4v) is 2.69. The SMILES string of the molecule is CC1(C)COCCN1C(=O)C1CCCCCN1. The lowest BCUT2D eigenvalue weighted by Gasteiger charge is -2.43. The molecule has 0 aromatic rings. The van der Waals surface area contributed by atoms with E-state index >= 15 is 0 Å². The molecule has 4 heteroatoms. The third kappa shape index (κ3) is 2.99. The van der Waals surface area contributed by atoms with Crippen LogP contribution in [0.2, 0.25) is 0 Å².